The van der Waals surface area contributed by atoms with Gasteiger partial charge in [-0.1, -0.05) is 129 Å². The minimum absolute atomic E-state index is 0.0410. The number of allylic oxidation sites excluding steroid dienone is 2. The average molecular weight is 517 g/mol. The van der Waals surface area contributed by atoms with E-state index in [2.05, 4.69) is 147 Å². The van der Waals surface area contributed by atoms with Crippen LogP contribution in [-0.2, 0) is 11.8 Å². The van der Waals surface area contributed by atoms with Crippen molar-refractivity contribution in [2.75, 3.05) is 0 Å². The van der Waals surface area contributed by atoms with Crippen LogP contribution in [0.3, 0.4) is 0 Å². The smallest absolute Gasteiger partial charge is 0.0146 e. The van der Waals surface area contributed by atoms with E-state index in [1.807, 2.05) is 0 Å². The van der Waals surface area contributed by atoms with Crippen molar-refractivity contribution >= 4 is 5.57 Å². The van der Waals surface area contributed by atoms with E-state index in [4.69, 9.17) is 0 Å². The Morgan fingerprint density at radius 1 is 0.550 bits per heavy atom. The Morgan fingerprint density at radius 2 is 1.12 bits per heavy atom. The van der Waals surface area contributed by atoms with Crippen LogP contribution in [0.4, 0.5) is 0 Å². The highest BCUT2D eigenvalue weighted by atomic mass is 14.4. The molecule has 0 aliphatic heterocycles. The maximum absolute atomic E-state index is 2.55. The first-order valence-corrected chi connectivity index (χ1v) is 14.7. The van der Waals surface area contributed by atoms with Crippen LogP contribution < -0.4 is 0 Å². The normalized spacial score (nSPS) is 18.1. The highest BCUT2D eigenvalue weighted by Crippen LogP contribution is 2.52. The summed E-state index contributed by atoms with van der Waals surface area (Å²) in [6.45, 7) is 4.73. The van der Waals surface area contributed by atoms with Crippen molar-refractivity contribution in [3.05, 3.63) is 161 Å². The lowest BCUT2D eigenvalue weighted by molar-refractivity contribution is 0.470. The highest BCUT2D eigenvalue weighted by molar-refractivity contribution is 5.83. The summed E-state index contributed by atoms with van der Waals surface area (Å²) in [7, 11) is 0. The van der Waals surface area contributed by atoms with Gasteiger partial charge in [0.15, 0.2) is 0 Å². The molecule has 40 heavy (non-hydrogen) atoms. The van der Waals surface area contributed by atoms with Crippen LogP contribution in [0.2, 0.25) is 0 Å². The van der Waals surface area contributed by atoms with E-state index in [0.29, 0.717) is 11.8 Å². The molecule has 0 heteroatoms. The molecule has 0 N–H and O–H groups in total. The van der Waals surface area contributed by atoms with Crippen LogP contribution in [0.25, 0.3) is 27.8 Å². The molecule has 2 atom stereocenters. The van der Waals surface area contributed by atoms with Crippen molar-refractivity contribution in [3.63, 3.8) is 0 Å². The molecular formula is C40H36. The van der Waals surface area contributed by atoms with Crippen molar-refractivity contribution in [2.24, 2.45) is 5.92 Å². The first kappa shape index (κ1) is 24.9. The van der Waals surface area contributed by atoms with Crippen LogP contribution in [0.5, 0.6) is 0 Å². The maximum atomic E-state index is 2.55. The van der Waals surface area contributed by atoms with Crippen LogP contribution in [0, 0.1) is 5.92 Å². The Balaban J connectivity index is 1.35. The molecule has 5 aromatic carbocycles. The lowest BCUT2D eigenvalue weighted by atomic mass is 9.73. The highest BCUT2D eigenvalue weighted by Gasteiger charge is 2.38. The fourth-order valence-corrected chi connectivity index (χ4v) is 7.09. The van der Waals surface area contributed by atoms with Crippen LogP contribution >= 0.6 is 0 Å². The van der Waals surface area contributed by atoms with Gasteiger partial charge >= 0.3 is 0 Å². The van der Waals surface area contributed by atoms with Gasteiger partial charge in [0.2, 0.25) is 0 Å². The molecule has 0 aromatic heterocycles. The van der Waals surface area contributed by atoms with E-state index >= 15 is 0 Å². The third-order valence-electron chi connectivity index (χ3n) is 9.37. The Bertz CT molecular complexity index is 1620. The Kier molecular flexibility index (Phi) is 6.28. The van der Waals surface area contributed by atoms with Crippen LogP contribution in [0.1, 0.15) is 60.4 Å². The number of fused-ring (bicyclic) bond motifs is 3. The van der Waals surface area contributed by atoms with E-state index in [9.17, 15) is 0 Å². The number of benzene rings is 5. The fraction of sp³-hybridized carbons (Fsp3) is 0.200. The van der Waals surface area contributed by atoms with Gasteiger partial charge < -0.3 is 0 Å². The van der Waals surface area contributed by atoms with Gasteiger partial charge in [-0.3, -0.25) is 0 Å². The lowest BCUT2D eigenvalue weighted by Gasteiger charge is -2.30. The monoisotopic (exact) mass is 516 g/mol. The van der Waals surface area contributed by atoms with Gasteiger partial charge in [-0.2, -0.15) is 0 Å². The maximum Gasteiger partial charge on any atom is 0.0146 e. The van der Waals surface area contributed by atoms with E-state index in [-0.39, 0.29) is 5.41 Å². The summed E-state index contributed by atoms with van der Waals surface area (Å²) in [6.07, 6.45) is 6.16. The zero-order valence-electron chi connectivity index (χ0n) is 23.5. The average Bonchev–Trinajstić information content (AvgIpc) is 3.40. The summed E-state index contributed by atoms with van der Waals surface area (Å²) in [6, 6.07) is 47.3. The summed E-state index contributed by atoms with van der Waals surface area (Å²) in [4.78, 5) is 0. The Hall–Kier alpha value is -4.16. The first-order valence-electron chi connectivity index (χ1n) is 14.7. The van der Waals surface area contributed by atoms with Crippen LogP contribution in [0.15, 0.2) is 133 Å². The van der Waals surface area contributed by atoms with E-state index in [1.54, 1.807) is 5.56 Å². The molecule has 7 rings (SSSR count). The molecule has 0 fully saturated rings. The van der Waals surface area contributed by atoms with Gasteiger partial charge in [0.1, 0.15) is 0 Å². The van der Waals surface area contributed by atoms with E-state index in [0.717, 1.165) is 6.42 Å². The molecule has 0 bridgehead atoms. The van der Waals surface area contributed by atoms with Crippen LogP contribution in [-0.4, -0.2) is 0 Å². The molecule has 196 valence electrons. The summed E-state index contributed by atoms with van der Waals surface area (Å²) < 4.78 is 0. The third-order valence-corrected chi connectivity index (χ3v) is 9.37. The van der Waals surface area contributed by atoms with Crippen molar-refractivity contribution in [3.8, 4) is 22.3 Å². The Morgan fingerprint density at radius 3 is 1.75 bits per heavy atom. The number of hydrogen-bond donors (Lipinski definition) is 0. The largest absolute Gasteiger partial charge is 0.0801 e. The minimum atomic E-state index is -0.0410. The zero-order valence-corrected chi connectivity index (χ0v) is 23.5. The standard InChI is InChI=1S/C40H36/c1-40(2,35-18-10-5-11-19-35)36-22-21-30-23-31-17-12-20-37(39(31)38(30)27-36)34-25-32(28-13-6-3-7-14-28)24-33(26-34)29-15-8-4-9-16-29/h3-11,13-16,18-22,24-27,31,39H,12,17,23H2,1-2H3. The quantitative estimate of drug-likeness (QED) is 0.218. The van der Waals surface area contributed by atoms with E-state index < -0.39 is 0 Å². The van der Waals surface area contributed by atoms with Crippen molar-refractivity contribution in [2.45, 2.75) is 44.4 Å². The van der Waals surface area contributed by atoms with Crippen molar-refractivity contribution in [1.82, 2.24) is 0 Å². The topological polar surface area (TPSA) is 0 Å². The molecule has 0 saturated carbocycles. The van der Waals surface area contributed by atoms with Gasteiger partial charge in [0.25, 0.3) is 0 Å². The van der Waals surface area contributed by atoms with Gasteiger partial charge in [-0.05, 0) is 99.0 Å². The molecular weight excluding hydrogens is 480 g/mol. The summed E-state index contributed by atoms with van der Waals surface area (Å²) >= 11 is 0. The molecule has 0 spiro atoms. The van der Waals surface area contributed by atoms with Crippen molar-refractivity contribution in [1.29, 1.82) is 0 Å². The number of hydrogen-bond acceptors (Lipinski definition) is 0. The minimum Gasteiger partial charge on any atom is -0.0801 e. The van der Waals surface area contributed by atoms with Gasteiger partial charge in [0, 0.05) is 11.3 Å². The summed E-state index contributed by atoms with van der Waals surface area (Å²) in [5, 5.41) is 0. The molecule has 5 aromatic rings. The van der Waals surface area contributed by atoms with Gasteiger partial charge in [0.05, 0.1) is 0 Å². The van der Waals surface area contributed by atoms with Crippen molar-refractivity contribution < 1.29 is 0 Å². The molecule has 0 amide bonds. The molecule has 0 saturated heterocycles. The Labute approximate surface area is 239 Å². The molecule has 0 heterocycles. The second-order valence-electron chi connectivity index (χ2n) is 12.1. The van der Waals surface area contributed by atoms with E-state index in [1.165, 1.54) is 62.9 Å². The second-order valence-corrected chi connectivity index (χ2v) is 12.1. The SMILES string of the molecule is CC(C)(c1ccccc1)c1ccc2c(c1)C1C(c3cc(-c4ccccc4)cc(-c4ccccc4)c3)=CCCC1C2. The predicted octanol–water partition coefficient (Wildman–Crippen LogP) is 10.5. The first-order chi connectivity index (χ1) is 19.6. The summed E-state index contributed by atoms with van der Waals surface area (Å²) in [5.41, 5.74) is 13.8. The van der Waals surface area contributed by atoms with Gasteiger partial charge in [-0.25, -0.2) is 0 Å². The second kappa shape index (κ2) is 10.1. The molecule has 0 radical (unpaired) electrons. The number of rotatable bonds is 5. The molecule has 2 aliphatic rings. The molecule has 2 unspecified atom stereocenters. The predicted molar refractivity (Wildman–Crippen MR) is 169 cm³/mol. The van der Waals surface area contributed by atoms with Gasteiger partial charge in [-0.15, -0.1) is 0 Å². The summed E-state index contributed by atoms with van der Waals surface area (Å²) in [5.74, 6) is 1.12. The third kappa shape index (κ3) is 4.42. The lowest BCUT2D eigenvalue weighted by Crippen LogP contribution is -2.19. The zero-order chi connectivity index (χ0) is 27.1. The molecule has 0 nitrogen and oxygen atoms in total. The molecule has 2 aliphatic carbocycles. The fourth-order valence-electron chi connectivity index (χ4n) is 7.09.